The average molecular weight is 583 g/mol. The molecule has 1 fully saturated rings. The monoisotopic (exact) mass is 582 g/mol. The van der Waals surface area contributed by atoms with Crippen LogP contribution in [0.2, 0.25) is 36.3 Å². The van der Waals surface area contributed by atoms with E-state index >= 15 is 0 Å². The Labute approximate surface area is 223 Å². The number of nitrogens with zero attached hydrogens (tertiary/aromatic N) is 1. The van der Waals surface area contributed by atoms with E-state index in [4.69, 9.17) is 33.9 Å². The normalized spacial score (nSPS) is 24.8. The molecule has 0 aliphatic carbocycles. The van der Waals surface area contributed by atoms with Crippen LogP contribution >= 0.6 is 19.0 Å². The largest absolute Gasteiger partial charge is 0.414 e. The zero-order chi connectivity index (χ0) is 27.7. The molecule has 0 radical (unpaired) electrons. The van der Waals surface area contributed by atoms with Gasteiger partial charge in [0.1, 0.15) is 18.3 Å². The molecular formula is C23H44ClN2O7PSi2. The van der Waals surface area contributed by atoms with Crippen molar-refractivity contribution < 1.29 is 22.6 Å². The van der Waals surface area contributed by atoms with E-state index in [0.29, 0.717) is 6.61 Å². The maximum atomic E-state index is 12.8. The molecule has 1 aromatic rings. The molecule has 0 bridgehead atoms. The fourth-order valence-electron chi connectivity index (χ4n) is 3.20. The van der Waals surface area contributed by atoms with Crippen molar-refractivity contribution in [3.8, 4) is 0 Å². The van der Waals surface area contributed by atoms with Crippen molar-refractivity contribution in [3.05, 3.63) is 33.1 Å². The molecule has 13 heteroatoms. The summed E-state index contributed by atoms with van der Waals surface area (Å²) in [5, 5.41) is -0.113. The predicted octanol–water partition coefficient (Wildman–Crippen LogP) is 5.73. The van der Waals surface area contributed by atoms with Crippen LogP contribution in [0.25, 0.3) is 0 Å². The lowest BCUT2D eigenvalue weighted by Gasteiger charge is -2.41. The number of aromatic amines is 1. The van der Waals surface area contributed by atoms with E-state index in [1.165, 1.54) is 16.8 Å². The van der Waals surface area contributed by atoms with E-state index in [-0.39, 0.29) is 16.7 Å². The van der Waals surface area contributed by atoms with Crippen molar-refractivity contribution in [1.29, 1.82) is 0 Å². The number of aromatic nitrogens is 2. The Bertz CT molecular complexity index is 990. The number of rotatable bonds is 10. The first kappa shape index (κ1) is 31.8. The summed E-state index contributed by atoms with van der Waals surface area (Å²) >= 11 is 6.43. The number of hydrogen-bond donors (Lipinski definition) is 1. The fraction of sp³-hybridized carbons (Fsp3) is 0.826. The summed E-state index contributed by atoms with van der Waals surface area (Å²) in [5.41, 5.74) is -1.07. The van der Waals surface area contributed by atoms with Crippen LogP contribution in [0.15, 0.2) is 21.9 Å². The molecule has 1 unspecified atom stereocenters. The number of hydrogen-bond acceptors (Lipinski definition) is 7. The van der Waals surface area contributed by atoms with Crippen LogP contribution in [0.1, 0.15) is 54.7 Å². The molecule has 1 saturated heterocycles. The molecule has 1 aliphatic rings. The van der Waals surface area contributed by atoms with E-state index in [2.05, 4.69) is 72.7 Å². The first-order chi connectivity index (χ1) is 16.3. The molecule has 0 spiro atoms. The molecule has 2 rings (SSSR count). The molecule has 0 saturated carbocycles. The van der Waals surface area contributed by atoms with Gasteiger partial charge in [0, 0.05) is 12.3 Å². The van der Waals surface area contributed by atoms with Gasteiger partial charge in [-0.25, -0.2) is 4.79 Å². The molecule has 1 aromatic heterocycles. The van der Waals surface area contributed by atoms with E-state index in [0.717, 1.165) is 0 Å². The van der Waals surface area contributed by atoms with Gasteiger partial charge in [-0.05, 0) is 54.4 Å². The van der Waals surface area contributed by atoms with Gasteiger partial charge in [-0.3, -0.25) is 14.3 Å². The van der Waals surface area contributed by atoms with Crippen LogP contribution in [-0.4, -0.2) is 57.7 Å². The van der Waals surface area contributed by atoms with Gasteiger partial charge in [0.15, 0.2) is 22.9 Å². The highest BCUT2D eigenvalue weighted by molar-refractivity contribution is 7.76. The lowest BCUT2D eigenvalue weighted by atomic mass is 10.1. The molecule has 2 heterocycles. The number of nitrogens with one attached hydrogen (secondary N) is 1. The zero-order valence-electron chi connectivity index (χ0n) is 23.5. The first-order valence-corrected chi connectivity index (χ1v) is 20.2. The summed E-state index contributed by atoms with van der Waals surface area (Å²) in [4.78, 5) is 26.9. The summed E-state index contributed by atoms with van der Waals surface area (Å²) in [6.07, 6.45) is -1.31. The van der Waals surface area contributed by atoms with Crippen LogP contribution in [0.5, 0.6) is 0 Å². The first-order valence-electron chi connectivity index (χ1n) is 12.3. The smallest absolute Gasteiger partial charge is 0.330 e. The second-order valence-electron chi connectivity index (χ2n) is 12.2. The van der Waals surface area contributed by atoms with Crippen molar-refractivity contribution in [2.75, 3.05) is 13.2 Å². The summed E-state index contributed by atoms with van der Waals surface area (Å²) in [6.45, 7) is 24.0. The predicted molar refractivity (Wildman–Crippen MR) is 150 cm³/mol. The Morgan fingerprint density at radius 3 is 2.14 bits per heavy atom. The second-order valence-corrected chi connectivity index (χ2v) is 23.5. The van der Waals surface area contributed by atoms with Gasteiger partial charge >= 0.3 is 5.69 Å². The van der Waals surface area contributed by atoms with E-state index in [9.17, 15) is 9.59 Å². The quantitative estimate of drug-likeness (QED) is 0.277. The van der Waals surface area contributed by atoms with E-state index < -0.39 is 60.2 Å². The van der Waals surface area contributed by atoms with Crippen LogP contribution in [0, 0.1) is 0 Å². The Hall–Kier alpha value is -0.366. The highest BCUT2D eigenvalue weighted by atomic mass is 35.7. The second kappa shape index (κ2) is 11.8. The third-order valence-electron chi connectivity index (χ3n) is 7.50. The van der Waals surface area contributed by atoms with Crippen LogP contribution < -0.4 is 11.2 Å². The fourth-order valence-corrected chi connectivity index (χ4v) is 6.78. The lowest BCUT2D eigenvalue weighted by molar-refractivity contribution is -0.0506. The minimum absolute atomic E-state index is 0.00131. The summed E-state index contributed by atoms with van der Waals surface area (Å²) < 4.78 is 32.9. The standard InChI is InChI=1S/C23H44ClN2O7PSi2/c1-12-29-34(24)32-18-16(15-30-35(8,9)22(2,3)4)31-20(26-14-13-17(27)25-21(26)28)19(18)33-36(10,11)23(5,6)7/h13-14,16,18-20H,12,15H2,1-11H3,(H,25,27,28)/t16-,18-,19-,20-,34?/m1/s1. The minimum atomic E-state index is -2.36. The van der Waals surface area contributed by atoms with Gasteiger partial charge in [0.25, 0.3) is 13.3 Å². The molecule has 9 nitrogen and oxygen atoms in total. The van der Waals surface area contributed by atoms with Gasteiger partial charge in [-0.2, -0.15) is 0 Å². The van der Waals surface area contributed by atoms with Crippen molar-refractivity contribution in [1.82, 2.24) is 9.55 Å². The van der Waals surface area contributed by atoms with Crippen molar-refractivity contribution >= 4 is 35.6 Å². The maximum Gasteiger partial charge on any atom is 0.330 e. The molecular weight excluding hydrogens is 539 g/mol. The topological polar surface area (TPSA) is 101 Å². The van der Waals surface area contributed by atoms with E-state index in [1.807, 2.05) is 6.92 Å². The van der Waals surface area contributed by atoms with Crippen molar-refractivity contribution in [3.63, 3.8) is 0 Å². The highest BCUT2D eigenvalue weighted by Crippen LogP contribution is 2.50. The van der Waals surface area contributed by atoms with Crippen LogP contribution in [-0.2, 0) is 22.6 Å². The molecule has 208 valence electrons. The molecule has 0 aromatic carbocycles. The molecule has 5 atom stereocenters. The Balaban J connectivity index is 2.54. The van der Waals surface area contributed by atoms with Gasteiger partial charge in [0.2, 0.25) is 0 Å². The Kier molecular flexibility index (Phi) is 10.4. The average Bonchev–Trinajstić information content (AvgIpc) is 3.01. The van der Waals surface area contributed by atoms with E-state index in [1.54, 1.807) is 0 Å². The third kappa shape index (κ3) is 7.60. The summed E-state index contributed by atoms with van der Waals surface area (Å²) in [5.74, 6) is 0. The minimum Gasteiger partial charge on any atom is -0.414 e. The lowest BCUT2D eigenvalue weighted by Crippen LogP contribution is -2.50. The van der Waals surface area contributed by atoms with Crippen molar-refractivity contribution in [2.24, 2.45) is 0 Å². The number of halogens is 1. The maximum absolute atomic E-state index is 12.8. The van der Waals surface area contributed by atoms with Gasteiger partial charge in [0.05, 0.1) is 13.2 Å². The van der Waals surface area contributed by atoms with Gasteiger partial charge in [-0.15, -0.1) is 0 Å². The molecule has 36 heavy (non-hydrogen) atoms. The Morgan fingerprint density at radius 2 is 1.64 bits per heavy atom. The number of ether oxygens (including phenoxy) is 1. The Morgan fingerprint density at radius 1 is 1.06 bits per heavy atom. The highest BCUT2D eigenvalue weighted by Gasteiger charge is 2.53. The van der Waals surface area contributed by atoms with Gasteiger partial charge in [-0.1, -0.05) is 41.5 Å². The van der Waals surface area contributed by atoms with Gasteiger partial charge < -0.3 is 22.6 Å². The SMILES string of the molecule is CCOP(Cl)O[C@H]1[C@@H](O[Si](C)(C)C(C)(C)C)[C@H](n2ccc(=O)[nH]c2=O)O[C@@H]1CO[Si](C)(C)C(C)(C)C. The zero-order valence-corrected chi connectivity index (χ0v) is 27.2. The van der Waals surface area contributed by atoms with Crippen LogP contribution in [0.4, 0.5) is 0 Å². The third-order valence-corrected chi connectivity index (χ3v) is 17.9. The molecule has 1 aliphatic heterocycles. The molecule has 0 amide bonds. The number of H-pyrrole nitrogens is 1. The summed E-state index contributed by atoms with van der Waals surface area (Å²) in [6, 6.07) is 1.29. The van der Waals surface area contributed by atoms with Crippen LogP contribution in [0.3, 0.4) is 0 Å². The molecule has 1 N–H and O–H groups in total. The summed E-state index contributed by atoms with van der Waals surface area (Å²) in [7, 11) is -6.22. The van der Waals surface area contributed by atoms with Crippen molar-refractivity contribution in [2.45, 2.75) is 109 Å².